The van der Waals surface area contributed by atoms with Crippen LogP contribution in [0, 0.1) is 0 Å². The van der Waals surface area contributed by atoms with Crippen molar-refractivity contribution in [3.05, 3.63) is 17.5 Å². The maximum Gasteiger partial charge on any atom is 0.434 e. The Labute approximate surface area is 170 Å². The van der Waals surface area contributed by atoms with Crippen molar-refractivity contribution in [2.24, 2.45) is 0 Å². The lowest BCUT2D eigenvalue weighted by Gasteiger charge is -2.31. The third-order valence-electron chi connectivity index (χ3n) is 5.53. The summed E-state index contributed by atoms with van der Waals surface area (Å²) in [5.41, 5.74) is 4.93. The molecule has 3 aliphatic heterocycles. The van der Waals surface area contributed by atoms with Crippen molar-refractivity contribution < 1.29 is 22.6 Å². The van der Waals surface area contributed by atoms with E-state index in [0.717, 1.165) is 11.8 Å². The van der Waals surface area contributed by atoms with E-state index in [1.807, 2.05) is 4.90 Å². The van der Waals surface area contributed by atoms with Gasteiger partial charge in [0.1, 0.15) is 11.6 Å². The van der Waals surface area contributed by atoms with Crippen molar-refractivity contribution in [3.63, 3.8) is 0 Å². The molecule has 0 radical (unpaired) electrons. The standard InChI is InChI=1S/C18H20F3N7O2/c19-18(20,21)13-12(8-23-17(22)24-13)14-25-15(27-1-4-29-5-2-27)11-7-10-9-30-6-3-28(10)16(11)26-14/h8,10H,1-7,9H2,(H2,22,23,24)/t10-/m0/s1. The lowest BCUT2D eigenvalue weighted by molar-refractivity contribution is -0.140. The molecular weight excluding hydrogens is 403 g/mol. The predicted octanol–water partition coefficient (Wildman–Crippen LogP) is 1.13. The van der Waals surface area contributed by atoms with E-state index in [2.05, 4.69) is 24.8 Å². The number of aromatic nitrogens is 4. The first-order valence-electron chi connectivity index (χ1n) is 9.70. The summed E-state index contributed by atoms with van der Waals surface area (Å²) in [7, 11) is 0. The highest BCUT2D eigenvalue weighted by molar-refractivity contribution is 5.71. The van der Waals surface area contributed by atoms with Crippen molar-refractivity contribution in [2.45, 2.75) is 18.6 Å². The second-order valence-corrected chi connectivity index (χ2v) is 7.39. The van der Waals surface area contributed by atoms with E-state index >= 15 is 0 Å². The van der Waals surface area contributed by atoms with Crippen LogP contribution in [-0.2, 0) is 22.1 Å². The number of nitrogens with zero attached hydrogens (tertiary/aromatic N) is 6. The van der Waals surface area contributed by atoms with Crippen LogP contribution in [0.2, 0.25) is 0 Å². The quantitative estimate of drug-likeness (QED) is 0.762. The topological polar surface area (TPSA) is 103 Å². The van der Waals surface area contributed by atoms with Gasteiger partial charge in [-0.2, -0.15) is 13.2 Å². The van der Waals surface area contributed by atoms with Gasteiger partial charge >= 0.3 is 6.18 Å². The molecule has 12 heteroatoms. The van der Waals surface area contributed by atoms with Gasteiger partial charge in [0.15, 0.2) is 11.5 Å². The van der Waals surface area contributed by atoms with Crippen LogP contribution in [0.1, 0.15) is 11.3 Å². The summed E-state index contributed by atoms with van der Waals surface area (Å²) in [6.45, 7) is 3.99. The Kier molecular flexibility index (Phi) is 4.62. The number of anilines is 3. The number of alkyl halides is 3. The van der Waals surface area contributed by atoms with Gasteiger partial charge in [-0.15, -0.1) is 0 Å². The molecule has 30 heavy (non-hydrogen) atoms. The molecule has 5 rings (SSSR count). The van der Waals surface area contributed by atoms with Gasteiger partial charge in [-0.1, -0.05) is 0 Å². The number of hydrogen-bond donors (Lipinski definition) is 1. The van der Waals surface area contributed by atoms with Crippen LogP contribution in [0.4, 0.5) is 30.8 Å². The van der Waals surface area contributed by atoms with Crippen LogP contribution in [0.5, 0.6) is 0 Å². The zero-order valence-electron chi connectivity index (χ0n) is 16.0. The van der Waals surface area contributed by atoms with Crippen LogP contribution in [-0.4, -0.2) is 72.0 Å². The molecule has 2 aromatic rings. The molecule has 3 aliphatic rings. The SMILES string of the molecule is Nc1ncc(-c2nc(N3CCOCC3)c3c(n2)N2CCOC[C@@H]2C3)c(C(F)(F)F)n1. The molecule has 160 valence electrons. The molecule has 0 bridgehead atoms. The first kappa shape index (κ1) is 19.2. The summed E-state index contributed by atoms with van der Waals surface area (Å²) in [4.78, 5) is 20.5. The second kappa shape index (κ2) is 7.20. The van der Waals surface area contributed by atoms with Crippen LogP contribution in [0.15, 0.2) is 6.20 Å². The summed E-state index contributed by atoms with van der Waals surface area (Å²) in [5.74, 6) is 0.779. The second-order valence-electron chi connectivity index (χ2n) is 7.39. The van der Waals surface area contributed by atoms with Gasteiger partial charge in [0.05, 0.1) is 38.0 Å². The molecule has 5 heterocycles. The Morgan fingerprint density at radius 1 is 1.00 bits per heavy atom. The maximum absolute atomic E-state index is 13.7. The van der Waals surface area contributed by atoms with Crippen molar-refractivity contribution in [1.29, 1.82) is 0 Å². The van der Waals surface area contributed by atoms with Crippen molar-refractivity contribution in [3.8, 4) is 11.4 Å². The Morgan fingerprint density at radius 2 is 1.73 bits per heavy atom. The molecule has 0 aromatic carbocycles. The average Bonchev–Trinajstić information content (AvgIpc) is 3.12. The van der Waals surface area contributed by atoms with Crippen LogP contribution in [0.25, 0.3) is 11.4 Å². The smallest absolute Gasteiger partial charge is 0.378 e. The summed E-state index contributed by atoms with van der Waals surface area (Å²) in [6.07, 6.45) is -2.98. The number of halogens is 3. The molecule has 9 nitrogen and oxygen atoms in total. The fourth-order valence-electron chi connectivity index (χ4n) is 4.15. The number of morpholine rings is 2. The third-order valence-corrected chi connectivity index (χ3v) is 5.53. The summed E-state index contributed by atoms with van der Waals surface area (Å²) in [6, 6.07) is 0.0999. The van der Waals surface area contributed by atoms with Crippen molar-refractivity contribution in [1.82, 2.24) is 19.9 Å². The van der Waals surface area contributed by atoms with Crippen molar-refractivity contribution in [2.75, 3.05) is 61.6 Å². The molecule has 1 atom stereocenters. The largest absolute Gasteiger partial charge is 0.434 e. The van der Waals surface area contributed by atoms with E-state index in [9.17, 15) is 13.2 Å². The van der Waals surface area contributed by atoms with Gasteiger partial charge < -0.3 is 25.0 Å². The number of rotatable bonds is 2. The number of hydrogen-bond acceptors (Lipinski definition) is 9. The molecule has 2 aromatic heterocycles. The van der Waals surface area contributed by atoms with Gasteiger partial charge in [0.2, 0.25) is 5.95 Å². The third kappa shape index (κ3) is 3.29. The normalized spacial score (nSPS) is 21.5. The molecule has 2 fully saturated rings. The summed E-state index contributed by atoms with van der Waals surface area (Å²) >= 11 is 0. The first-order chi connectivity index (χ1) is 14.4. The minimum atomic E-state index is -4.71. The van der Waals surface area contributed by atoms with E-state index < -0.39 is 17.8 Å². The average molecular weight is 423 g/mol. The molecule has 2 N–H and O–H groups in total. The van der Waals surface area contributed by atoms with E-state index in [0.29, 0.717) is 64.1 Å². The highest BCUT2D eigenvalue weighted by atomic mass is 19.4. The highest BCUT2D eigenvalue weighted by Gasteiger charge is 2.40. The van der Waals surface area contributed by atoms with E-state index in [4.69, 9.17) is 15.2 Å². The number of ether oxygens (including phenoxy) is 2. The lowest BCUT2D eigenvalue weighted by atomic mass is 10.1. The fraction of sp³-hybridized carbons (Fsp3) is 0.556. The van der Waals surface area contributed by atoms with Crippen LogP contribution >= 0.6 is 0 Å². The number of nitrogen functional groups attached to an aromatic ring is 1. The van der Waals surface area contributed by atoms with E-state index in [1.165, 1.54) is 0 Å². The molecule has 0 aliphatic carbocycles. The zero-order chi connectivity index (χ0) is 20.9. The predicted molar refractivity (Wildman–Crippen MR) is 101 cm³/mol. The Balaban J connectivity index is 1.68. The lowest BCUT2D eigenvalue weighted by Crippen LogP contribution is -2.43. The minimum absolute atomic E-state index is 0.0605. The van der Waals surface area contributed by atoms with E-state index in [-0.39, 0.29) is 17.4 Å². The van der Waals surface area contributed by atoms with Gasteiger partial charge in [-0.05, 0) is 0 Å². The van der Waals surface area contributed by atoms with Gasteiger partial charge in [-0.3, -0.25) is 0 Å². The number of nitrogens with two attached hydrogens (primary N) is 1. The minimum Gasteiger partial charge on any atom is -0.378 e. The Bertz CT molecular complexity index is 966. The maximum atomic E-state index is 13.7. The highest BCUT2D eigenvalue weighted by Crippen LogP contribution is 2.41. The van der Waals surface area contributed by atoms with Gasteiger partial charge in [0.25, 0.3) is 0 Å². The van der Waals surface area contributed by atoms with Crippen LogP contribution in [0.3, 0.4) is 0 Å². The Morgan fingerprint density at radius 3 is 2.50 bits per heavy atom. The molecule has 0 spiro atoms. The van der Waals surface area contributed by atoms with Crippen molar-refractivity contribution >= 4 is 17.6 Å². The molecule has 0 amide bonds. The van der Waals surface area contributed by atoms with E-state index in [1.54, 1.807) is 0 Å². The first-order valence-corrected chi connectivity index (χ1v) is 9.70. The van der Waals surface area contributed by atoms with Gasteiger partial charge in [0, 0.05) is 37.8 Å². The monoisotopic (exact) mass is 423 g/mol. The molecule has 0 unspecified atom stereocenters. The summed E-state index contributed by atoms with van der Waals surface area (Å²) < 4.78 is 52.0. The molecular formula is C18H20F3N7O2. The zero-order valence-corrected chi connectivity index (χ0v) is 16.0. The Hall–Kier alpha value is -2.73. The molecule has 2 saturated heterocycles. The van der Waals surface area contributed by atoms with Crippen LogP contribution < -0.4 is 15.5 Å². The van der Waals surface area contributed by atoms with Gasteiger partial charge in [-0.25, -0.2) is 19.9 Å². The summed E-state index contributed by atoms with van der Waals surface area (Å²) in [5, 5.41) is 0. The number of fused-ring (bicyclic) bond motifs is 3. The fourth-order valence-corrected chi connectivity index (χ4v) is 4.15. The molecule has 0 saturated carbocycles.